The molecule has 0 aliphatic carbocycles. The van der Waals surface area contributed by atoms with Gasteiger partial charge < -0.3 is 4.18 Å². The van der Waals surface area contributed by atoms with Crippen molar-refractivity contribution in [2.45, 2.75) is 6.92 Å². The normalized spacial score (nSPS) is 11.6. The van der Waals surface area contributed by atoms with Crippen LogP contribution in [-0.2, 0) is 17.4 Å². The zero-order chi connectivity index (χ0) is 9.35. The van der Waals surface area contributed by atoms with Crippen LogP contribution in [0.1, 0.15) is 5.69 Å². The van der Waals surface area contributed by atoms with Crippen molar-refractivity contribution in [2.75, 3.05) is 0 Å². The first-order valence-corrected chi connectivity index (χ1v) is 4.58. The Morgan fingerprint density at radius 1 is 1.67 bits per heavy atom. The lowest BCUT2D eigenvalue weighted by atomic mass is 10.4. The van der Waals surface area contributed by atoms with Crippen molar-refractivity contribution in [3.63, 3.8) is 0 Å². The largest absolute Gasteiger partial charge is 0.380 e. The molecule has 0 aliphatic rings. The van der Waals surface area contributed by atoms with Crippen LogP contribution in [0.25, 0.3) is 0 Å². The minimum absolute atomic E-state index is 0.153. The number of nitrogens with zero attached hydrogens (tertiary/aromatic N) is 2. The highest BCUT2D eigenvalue weighted by molar-refractivity contribution is 7.84. The number of nitrogens with two attached hydrogens (primary N) is 1. The number of rotatable bonds is 2. The molecule has 0 fully saturated rings. The van der Waals surface area contributed by atoms with Gasteiger partial charge in [-0.3, -0.25) is 4.68 Å². The molecule has 0 bridgehead atoms. The summed E-state index contributed by atoms with van der Waals surface area (Å²) in [5, 5.41) is 8.43. The highest BCUT2D eigenvalue weighted by Crippen LogP contribution is 2.15. The van der Waals surface area contributed by atoms with Crippen LogP contribution in [0.5, 0.6) is 5.75 Å². The Morgan fingerprint density at radius 2 is 2.25 bits per heavy atom. The van der Waals surface area contributed by atoms with Gasteiger partial charge in [0.1, 0.15) is 0 Å². The molecule has 0 saturated carbocycles. The van der Waals surface area contributed by atoms with Crippen molar-refractivity contribution < 1.29 is 12.6 Å². The lowest BCUT2D eigenvalue weighted by molar-refractivity contribution is 0.485. The molecule has 6 nitrogen and oxygen atoms in total. The maximum Gasteiger partial charge on any atom is 0.380 e. The first kappa shape index (κ1) is 9.01. The van der Waals surface area contributed by atoms with E-state index in [2.05, 4.69) is 14.4 Å². The fourth-order valence-electron chi connectivity index (χ4n) is 0.685. The predicted octanol–water partition coefficient (Wildman–Crippen LogP) is -0.689. The summed E-state index contributed by atoms with van der Waals surface area (Å²) in [6, 6.07) is 0. The van der Waals surface area contributed by atoms with Crippen LogP contribution in [-0.4, -0.2) is 18.2 Å². The van der Waals surface area contributed by atoms with Crippen LogP contribution < -0.4 is 9.32 Å². The molecule has 2 N–H and O–H groups in total. The van der Waals surface area contributed by atoms with Crippen molar-refractivity contribution in [2.24, 2.45) is 12.2 Å². The molecule has 0 amide bonds. The quantitative estimate of drug-likeness (QED) is 0.670. The van der Waals surface area contributed by atoms with E-state index in [9.17, 15) is 8.42 Å². The summed E-state index contributed by atoms with van der Waals surface area (Å²) in [5.74, 6) is 0.153. The van der Waals surface area contributed by atoms with E-state index in [4.69, 9.17) is 0 Å². The van der Waals surface area contributed by atoms with Gasteiger partial charge in [-0.25, -0.2) is 0 Å². The standard InChI is InChI=1S/C5H9N3O3S/c1-4-5(3-7-8(4)2)11-12(6,9)10/h3H,1-2H3,(H2,6,9,10). The van der Waals surface area contributed by atoms with Gasteiger partial charge in [-0.15, -0.1) is 0 Å². The molecule has 0 atom stereocenters. The highest BCUT2D eigenvalue weighted by atomic mass is 32.2. The number of hydrogen-bond acceptors (Lipinski definition) is 4. The van der Waals surface area contributed by atoms with E-state index in [1.165, 1.54) is 10.9 Å². The predicted molar refractivity (Wildman–Crippen MR) is 41.7 cm³/mol. The third-order valence-corrected chi connectivity index (χ3v) is 1.81. The van der Waals surface area contributed by atoms with E-state index >= 15 is 0 Å². The van der Waals surface area contributed by atoms with Crippen molar-refractivity contribution in [1.82, 2.24) is 9.78 Å². The summed E-state index contributed by atoms with van der Waals surface area (Å²) in [4.78, 5) is 0. The molecule has 0 aromatic carbocycles. The minimum Gasteiger partial charge on any atom is -0.367 e. The zero-order valence-corrected chi connectivity index (χ0v) is 7.50. The maximum atomic E-state index is 10.5. The maximum absolute atomic E-state index is 10.5. The van der Waals surface area contributed by atoms with Crippen LogP contribution in [0.15, 0.2) is 6.20 Å². The molecule has 0 unspecified atom stereocenters. The molecule has 0 radical (unpaired) electrons. The van der Waals surface area contributed by atoms with Gasteiger partial charge in [0.2, 0.25) is 0 Å². The molecule has 0 aliphatic heterocycles. The van der Waals surface area contributed by atoms with Crippen molar-refractivity contribution >= 4 is 10.3 Å². The fourth-order valence-corrected chi connectivity index (χ4v) is 1.10. The summed E-state index contributed by atoms with van der Waals surface area (Å²) < 4.78 is 26.9. The van der Waals surface area contributed by atoms with Crippen LogP contribution in [0.4, 0.5) is 0 Å². The number of hydrogen-bond donors (Lipinski definition) is 1. The Labute approximate surface area is 70.2 Å². The zero-order valence-electron chi connectivity index (χ0n) is 6.68. The summed E-state index contributed by atoms with van der Waals surface area (Å²) in [5.41, 5.74) is 0.601. The first-order chi connectivity index (χ1) is 5.40. The van der Waals surface area contributed by atoms with Crippen LogP contribution in [0.2, 0.25) is 0 Å². The second-order valence-corrected chi connectivity index (χ2v) is 3.45. The second kappa shape index (κ2) is 2.76. The molecular formula is C5H9N3O3S. The Balaban J connectivity index is 2.99. The van der Waals surface area contributed by atoms with Gasteiger partial charge in [0.25, 0.3) is 0 Å². The number of aromatic nitrogens is 2. The van der Waals surface area contributed by atoms with E-state index in [1.54, 1.807) is 14.0 Å². The molecule has 0 spiro atoms. The van der Waals surface area contributed by atoms with Gasteiger partial charge >= 0.3 is 10.3 Å². The number of aryl methyl sites for hydroxylation is 1. The van der Waals surface area contributed by atoms with Crippen LogP contribution in [0, 0.1) is 6.92 Å². The Kier molecular flexibility index (Phi) is 2.07. The summed E-state index contributed by atoms with van der Waals surface area (Å²) in [6.07, 6.45) is 1.29. The molecule has 12 heavy (non-hydrogen) atoms. The average molecular weight is 191 g/mol. The Bertz CT molecular complexity index is 381. The topological polar surface area (TPSA) is 87.2 Å². The lowest BCUT2D eigenvalue weighted by Crippen LogP contribution is -2.19. The third-order valence-electron chi connectivity index (χ3n) is 1.40. The van der Waals surface area contributed by atoms with Gasteiger partial charge in [0.05, 0.1) is 11.9 Å². The SMILES string of the molecule is Cc1c(OS(N)(=O)=O)cnn1C. The molecule has 1 rings (SSSR count). The van der Waals surface area contributed by atoms with Crippen LogP contribution in [0.3, 0.4) is 0 Å². The van der Waals surface area contributed by atoms with Gasteiger partial charge in [-0.2, -0.15) is 18.7 Å². The van der Waals surface area contributed by atoms with Crippen molar-refractivity contribution in [1.29, 1.82) is 0 Å². The van der Waals surface area contributed by atoms with Gasteiger partial charge in [-0.05, 0) is 6.92 Å². The molecule has 7 heteroatoms. The summed E-state index contributed by atoms with van der Waals surface area (Å²) in [6.45, 7) is 1.67. The first-order valence-electron chi connectivity index (χ1n) is 3.11. The molecule has 1 heterocycles. The van der Waals surface area contributed by atoms with E-state index in [0.29, 0.717) is 5.69 Å². The van der Waals surface area contributed by atoms with E-state index in [0.717, 1.165) is 0 Å². The van der Waals surface area contributed by atoms with Gasteiger partial charge in [0, 0.05) is 7.05 Å². The fraction of sp³-hybridized carbons (Fsp3) is 0.400. The minimum atomic E-state index is -3.94. The van der Waals surface area contributed by atoms with Gasteiger partial charge in [0.15, 0.2) is 5.75 Å². The van der Waals surface area contributed by atoms with Gasteiger partial charge in [-0.1, -0.05) is 0 Å². The summed E-state index contributed by atoms with van der Waals surface area (Å²) >= 11 is 0. The summed E-state index contributed by atoms with van der Waals surface area (Å²) in [7, 11) is -2.27. The Morgan fingerprint density at radius 3 is 2.58 bits per heavy atom. The molecule has 1 aromatic rings. The average Bonchev–Trinajstić information content (AvgIpc) is 2.16. The van der Waals surface area contributed by atoms with Crippen molar-refractivity contribution in [3.8, 4) is 5.75 Å². The lowest BCUT2D eigenvalue weighted by Gasteiger charge is -1.99. The molecule has 68 valence electrons. The highest BCUT2D eigenvalue weighted by Gasteiger charge is 2.10. The second-order valence-electron chi connectivity index (χ2n) is 2.29. The molecule has 1 aromatic heterocycles. The van der Waals surface area contributed by atoms with Crippen molar-refractivity contribution in [3.05, 3.63) is 11.9 Å². The molecular weight excluding hydrogens is 182 g/mol. The van der Waals surface area contributed by atoms with Crippen LogP contribution >= 0.6 is 0 Å². The van der Waals surface area contributed by atoms with E-state index < -0.39 is 10.3 Å². The smallest absolute Gasteiger partial charge is 0.367 e. The van der Waals surface area contributed by atoms with E-state index in [-0.39, 0.29) is 5.75 Å². The monoisotopic (exact) mass is 191 g/mol. The van der Waals surface area contributed by atoms with E-state index in [1.807, 2.05) is 0 Å². The molecule has 0 saturated heterocycles. The third kappa shape index (κ3) is 1.95. The Hall–Kier alpha value is -1.08.